The lowest BCUT2D eigenvalue weighted by Crippen LogP contribution is -2.05. The first kappa shape index (κ1) is 14.3. The van der Waals surface area contributed by atoms with Gasteiger partial charge in [0.25, 0.3) is 0 Å². The average Bonchev–Trinajstić information content (AvgIpc) is 3.13. The Bertz CT molecular complexity index is 1000. The summed E-state index contributed by atoms with van der Waals surface area (Å²) in [7, 11) is 0. The highest BCUT2D eigenvalue weighted by Gasteiger charge is 2.05. The molecule has 4 aromatic rings. The van der Waals surface area contributed by atoms with Crippen LogP contribution in [-0.4, -0.2) is 35.0 Å². The molecule has 0 amide bonds. The van der Waals surface area contributed by atoms with Gasteiger partial charge in [0, 0.05) is 11.4 Å². The van der Waals surface area contributed by atoms with Crippen LogP contribution in [0.5, 0.6) is 0 Å². The molecule has 0 aliphatic carbocycles. The molecule has 1 N–H and O–H groups in total. The van der Waals surface area contributed by atoms with Gasteiger partial charge in [-0.2, -0.15) is 5.10 Å². The van der Waals surface area contributed by atoms with Crippen molar-refractivity contribution in [2.24, 2.45) is 0 Å². The number of nitrogens with zero attached hydrogens (tertiary/aromatic N) is 7. The van der Waals surface area contributed by atoms with Crippen molar-refractivity contribution in [1.29, 1.82) is 0 Å². The Morgan fingerprint density at radius 3 is 2.79 bits per heavy atom. The second kappa shape index (κ2) is 5.73. The molecule has 0 bridgehead atoms. The molecule has 0 aliphatic heterocycles. The first-order chi connectivity index (χ1) is 11.7. The van der Waals surface area contributed by atoms with Gasteiger partial charge in [0.1, 0.15) is 0 Å². The van der Waals surface area contributed by atoms with Gasteiger partial charge in [-0.25, -0.2) is 0 Å². The zero-order valence-electron chi connectivity index (χ0n) is 13.4. The van der Waals surface area contributed by atoms with Crippen LogP contribution in [0.2, 0.25) is 0 Å². The molecule has 8 heteroatoms. The Morgan fingerprint density at radius 2 is 1.96 bits per heavy atom. The first-order valence-electron chi connectivity index (χ1n) is 7.60. The standard InChI is InChI=1S/C16H16N8/c1-11-8-12(2)23(19-11)10-13-4-3-5-14(9-13)17-15-6-7-16-18-21-22-24(16)20-15/h3-9H,10H2,1-2H3,(H,17,20). The lowest BCUT2D eigenvalue weighted by molar-refractivity contribution is 0.659. The highest BCUT2D eigenvalue weighted by molar-refractivity contribution is 5.57. The topological polar surface area (TPSA) is 85.8 Å². The lowest BCUT2D eigenvalue weighted by Gasteiger charge is -2.09. The zero-order valence-corrected chi connectivity index (χ0v) is 13.4. The van der Waals surface area contributed by atoms with E-state index in [0.29, 0.717) is 11.5 Å². The van der Waals surface area contributed by atoms with Crippen LogP contribution in [0.1, 0.15) is 17.0 Å². The van der Waals surface area contributed by atoms with Crippen molar-refractivity contribution >= 4 is 17.2 Å². The maximum absolute atomic E-state index is 4.51. The first-order valence-corrected chi connectivity index (χ1v) is 7.60. The minimum atomic E-state index is 0.610. The summed E-state index contributed by atoms with van der Waals surface area (Å²) in [6, 6.07) is 13.9. The van der Waals surface area contributed by atoms with Crippen LogP contribution in [0.15, 0.2) is 42.5 Å². The van der Waals surface area contributed by atoms with E-state index in [1.807, 2.05) is 35.9 Å². The molecule has 0 saturated heterocycles. The summed E-state index contributed by atoms with van der Waals surface area (Å²) < 4.78 is 3.39. The van der Waals surface area contributed by atoms with Gasteiger partial charge in [-0.1, -0.05) is 12.1 Å². The predicted octanol–water partition coefficient (Wildman–Crippen LogP) is 2.12. The number of hydrogen-bond donors (Lipinski definition) is 1. The van der Waals surface area contributed by atoms with Crippen LogP contribution in [0.4, 0.5) is 11.5 Å². The summed E-state index contributed by atoms with van der Waals surface area (Å²) in [5.41, 5.74) is 4.90. The molecular formula is C16H16N8. The molecule has 0 fully saturated rings. The zero-order chi connectivity index (χ0) is 16.5. The van der Waals surface area contributed by atoms with E-state index in [1.54, 1.807) is 0 Å². The second-order valence-corrected chi connectivity index (χ2v) is 5.66. The van der Waals surface area contributed by atoms with Crippen molar-refractivity contribution in [1.82, 2.24) is 35.0 Å². The fourth-order valence-corrected chi connectivity index (χ4v) is 2.62. The molecule has 3 heterocycles. The fraction of sp³-hybridized carbons (Fsp3) is 0.188. The van der Waals surface area contributed by atoms with Crippen LogP contribution in [-0.2, 0) is 6.54 Å². The molecule has 24 heavy (non-hydrogen) atoms. The molecule has 0 spiro atoms. The van der Waals surface area contributed by atoms with Crippen molar-refractivity contribution in [3.63, 3.8) is 0 Å². The molecule has 120 valence electrons. The number of tetrazole rings is 1. The van der Waals surface area contributed by atoms with E-state index >= 15 is 0 Å². The number of rotatable bonds is 4. The van der Waals surface area contributed by atoms with Crippen molar-refractivity contribution in [2.45, 2.75) is 20.4 Å². The van der Waals surface area contributed by atoms with E-state index in [0.717, 1.165) is 29.2 Å². The number of hydrogen-bond acceptors (Lipinski definition) is 6. The molecule has 3 aromatic heterocycles. The number of aromatic nitrogens is 7. The second-order valence-electron chi connectivity index (χ2n) is 5.66. The van der Waals surface area contributed by atoms with Gasteiger partial charge in [-0.3, -0.25) is 4.68 Å². The number of aryl methyl sites for hydroxylation is 2. The molecule has 0 atom stereocenters. The molecule has 0 unspecified atom stereocenters. The summed E-state index contributed by atoms with van der Waals surface area (Å²) >= 11 is 0. The van der Waals surface area contributed by atoms with Gasteiger partial charge in [0.15, 0.2) is 11.5 Å². The van der Waals surface area contributed by atoms with Crippen LogP contribution < -0.4 is 5.32 Å². The number of anilines is 2. The van der Waals surface area contributed by atoms with E-state index in [2.05, 4.69) is 56.2 Å². The largest absolute Gasteiger partial charge is 0.339 e. The summed E-state index contributed by atoms with van der Waals surface area (Å²) in [5, 5.41) is 23.3. The highest BCUT2D eigenvalue weighted by atomic mass is 15.6. The van der Waals surface area contributed by atoms with Gasteiger partial charge < -0.3 is 5.32 Å². The van der Waals surface area contributed by atoms with E-state index in [-0.39, 0.29) is 0 Å². The monoisotopic (exact) mass is 320 g/mol. The van der Waals surface area contributed by atoms with E-state index in [4.69, 9.17) is 0 Å². The third-order valence-corrected chi connectivity index (χ3v) is 3.70. The van der Waals surface area contributed by atoms with Gasteiger partial charge in [0.2, 0.25) is 0 Å². The molecular weight excluding hydrogens is 304 g/mol. The maximum Gasteiger partial charge on any atom is 0.200 e. The van der Waals surface area contributed by atoms with Crippen LogP contribution in [0, 0.1) is 13.8 Å². The predicted molar refractivity (Wildman–Crippen MR) is 89.1 cm³/mol. The maximum atomic E-state index is 4.51. The summed E-state index contributed by atoms with van der Waals surface area (Å²) in [5.74, 6) is 0.679. The third kappa shape index (κ3) is 2.81. The number of nitrogens with one attached hydrogen (secondary N) is 1. The quantitative estimate of drug-likeness (QED) is 0.620. The smallest absolute Gasteiger partial charge is 0.200 e. The molecule has 0 radical (unpaired) electrons. The Balaban J connectivity index is 1.56. The molecule has 4 rings (SSSR count). The minimum Gasteiger partial charge on any atom is -0.339 e. The molecule has 0 saturated carbocycles. The van der Waals surface area contributed by atoms with E-state index in [9.17, 15) is 0 Å². The number of benzene rings is 1. The average molecular weight is 320 g/mol. The van der Waals surface area contributed by atoms with Crippen molar-refractivity contribution in [3.8, 4) is 0 Å². The Morgan fingerprint density at radius 1 is 1.04 bits per heavy atom. The Labute approximate surface area is 138 Å². The third-order valence-electron chi connectivity index (χ3n) is 3.70. The normalized spacial score (nSPS) is 11.1. The van der Waals surface area contributed by atoms with Gasteiger partial charge in [-0.05, 0) is 60.2 Å². The summed E-state index contributed by atoms with van der Waals surface area (Å²) in [4.78, 5) is 0. The Kier molecular flexibility index (Phi) is 3.42. The van der Waals surface area contributed by atoms with Gasteiger partial charge >= 0.3 is 0 Å². The van der Waals surface area contributed by atoms with Crippen LogP contribution >= 0.6 is 0 Å². The van der Waals surface area contributed by atoms with Crippen molar-refractivity contribution in [2.75, 3.05) is 5.32 Å². The summed E-state index contributed by atoms with van der Waals surface area (Å²) in [6.07, 6.45) is 0. The minimum absolute atomic E-state index is 0.610. The van der Waals surface area contributed by atoms with E-state index in [1.165, 1.54) is 4.63 Å². The Hall–Kier alpha value is -3.29. The molecule has 8 nitrogen and oxygen atoms in total. The van der Waals surface area contributed by atoms with Gasteiger partial charge in [0.05, 0.1) is 12.2 Å². The van der Waals surface area contributed by atoms with Crippen LogP contribution in [0.3, 0.4) is 0 Å². The highest BCUT2D eigenvalue weighted by Crippen LogP contribution is 2.17. The van der Waals surface area contributed by atoms with Crippen molar-refractivity contribution in [3.05, 3.63) is 59.4 Å². The molecule has 1 aromatic carbocycles. The fourth-order valence-electron chi connectivity index (χ4n) is 2.62. The SMILES string of the molecule is Cc1cc(C)n(Cc2cccc(Nc3ccc4nnnn4n3)c2)n1. The molecule has 0 aliphatic rings. The van der Waals surface area contributed by atoms with Crippen molar-refractivity contribution < 1.29 is 0 Å². The number of fused-ring (bicyclic) bond motifs is 1. The van der Waals surface area contributed by atoms with Crippen LogP contribution in [0.25, 0.3) is 5.65 Å². The lowest BCUT2D eigenvalue weighted by atomic mass is 10.2. The van der Waals surface area contributed by atoms with E-state index < -0.39 is 0 Å². The summed E-state index contributed by atoms with van der Waals surface area (Å²) in [6.45, 7) is 4.80. The van der Waals surface area contributed by atoms with Gasteiger partial charge in [-0.15, -0.1) is 14.8 Å².